The molecule has 2 aromatic rings. The Labute approximate surface area is 159 Å². The molecule has 2 heterocycles. The summed E-state index contributed by atoms with van der Waals surface area (Å²) >= 11 is 12.1. The molecule has 1 spiro atoms. The molecule has 2 aliphatic heterocycles. The van der Waals surface area contributed by atoms with Crippen LogP contribution in [0.3, 0.4) is 0 Å². The first-order valence-corrected chi connectivity index (χ1v) is 8.96. The Kier molecular flexibility index (Phi) is 4.26. The van der Waals surface area contributed by atoms with E-state index in [0.717, 1.165) is 0 Å². The van der Waals surface area contributed by atoms with E-state index >= 15 is 0 Å². The van der Waals surface area contributed by atoms with Gasteiger partial charge in [0.1, 0.15) is 11.4 Å². The molecule has 0 unspecified atom stereocenters. The van der Waals surface area contributed by atoms with E-state index in [1.54, 1.807) is 6.07 Å². The van der Waals surface area contributed by atoms with Gasteiger partial charge in [-0.15, -0.1) is 0 Å². The topological polar surface area (TPSA) is 55.4 Å². The van der Waals surface area contributed by atoms with Crippen LogP contribution in [0.5, 0.6) is 0 Å². The maximum absolute atomic E-state index is 14.6. The van der Waals surface area contributed by atoms with Gasteiger partial charge < -0.3 is 10.1 Å². The van der Waals surface area contributed by atoms with E-state index in [4.69, 9.17) is 27.9 Å². The Morgan fingerprint density at radius 3 is 2.62 bits per heavy atom. The van der Waals surface area contributed by atoms with Gasteiger partial charge in [-0.2, -0.15) is 0 Å². The van der Waals surface area contributed by atoms with Crippen LogP contribution < -0.4 is 5.32 Å². The van der Waals surface area contributed by atoms with Gasteiger partial charge in [-0.05, 0) is 31.3 Å². The van der Waals surface area contributed by atoms with Crippen LogP contribution >= 0.6 is 23.2 Å². The summed E-state index contributed by atoms with van der Waals surface area (Å²) in [5, 5.41) is 3.42. The van der Waals surface area contributed by atoms with Crippen LogP contribution in [0, 0.1) is 5.82 Å². The molecule has 1 fully saturated rings. The fourth-order valence-corrected chi connectivity index (χ4v) is 4.08. The van der Waals surface area contributed by atoms with E-state index in [-0.39, 0.29) is 26.7 Å². The minimum absolute atomic E-state index is 0.00654. The van der Waals surface area contributed by atoms with Gasteiger partial charge in [0.2, 0.25) is 0 Å². The van der Waals surface area contributed by atoms with Crippen molar-refractivity contribution in [2.45, 2.75) is 18.4 Å². The van der Waals surface area contributed by atoms with Crippen LogP contribution in [0.25, 0.3) is 0 Å². The zero-order valence-electron chi connectivity index (χ0n) is 13.6. The molecular weight excluding hydrogens is 380 g/mol. The molecule has 7 heteroatoms. The number of ketones is 1. The van der Waals surface area contributed by atoms with Gasteiger partial charge in [-0.3, -0.25) is 4.79 Å². The molecule has 0 aliphatic carbocycles. The fraction of sp³-hybridized carbons (Fsp3) is 0.263. The van der Waals surface area contributed by atoms with Crippen LogP contribution in [-0.2, 0) is 10.3 Å². The van der Waals surface area contributed by atoms with E-state index in [1.807, 2.05) is 0 Å². The van der Waals surface area contributed by atoms with Gasteiger partial charge in [0.05, 0.1) is 21.2 Å². The molecule has 1 saturated heterocycles. The predicted molar refractivity (Wildman–Crippen MR) is 95.5 cm³/mol. The molecule has 0 aromatic heterocycles. The lowest BCUT2D eigenvalue weighted by Gasteiger charge is -2.33. The summed E-state index contributed by atoms with van der Waals surface area (Å²) in [5.41, 5.74) is -0.518. The van der Waals surface area contributed by atoms with E-state index in [2.05, 4.69) is 5.32 Å². The second-order valence-corrected chi connectivity index (χ2v) is 7.19. The van der Waals surface area contributed by atoms with E-state index < -0.39 is 23.2 Å². The first kappa shape index (κ1) is 17.5. The predicted octanol–water partition coefficient (Wildman–Crippen LogP) is 4.11. The quantitative estimate of drug-likeness (QED) is 0.615. The Bertz CT molecular complexity index is 939. The number of carbonyl (C=O) groups is 2. The minimum Gasteiger partial charge on any atom is -0.450 e. The normalized spacial score (nSPS) is 17.9. The third-order valence-electron chi connectivity index (χ3n) is 4.97. The third kappa shape index (κ3) is 2.54. The zero-order chi connectivity index (χ0) is 18.5. The number of hydrogen-bond acceptors (Lipinski definition) is 4. The molecular formula is C19H14Cl2FNO3. The second-order valence-electron chi connectivity index (χ2n) is 6.41. The van der Waals surface area contributed by atoms with Gasteiger partial charge in [0.25, 0.3) is 0 Å². The molecule has 0 bridgehead atoms. The highest BCUT2D eigenvalue weighted by Gasteiger charge is 2.48. The number of piperidine rings is 1. The molecule has 1 N–H and O–H groups in total. The number of halogens is 3. The average molecular weight is 394 g/mol. The molecule has 0 atom stereocenters. The maximum Gasteiger partial charge on any atom is 0.340 e. The van der Waals surface area contributed by atoms with Crippen molar-refractivity contribution in [3.8, 4) is 0 Å². The minimum atomic E-state index is -0.807. The average Bonchev–Trinajstić information content (AvgIpc) is 2.89. The Balaban J connectivity index is 1.90. The van der Waals surface area contributed by atoms with Crippen LogP contribution in [0.15, 0.2) is 30.3 Å². The lowest BCUT2D eigenvalue weighted by atomic mass is 9.82. The summed E-state index contributed by atoms with van der Waals surface area (Å²) in [6.45, 7) is 1.35. The third-order valence-corrected chi connectivity index (χ3v) is 5.79. The molecule has 4 rings (SSSR count). The molecule has 4 nitrogen and oxygen atoms in total. The summed E-state index contributed by atoms with van der Waals surface area (Å²) in [5.74, 6) is -2.15. The Morgan fingerprint density at radius 2 is 1.88 bits per heavy atom. The monoisotopic (exact) mass is 393 g/mol. The molecule has 0 amide bonds. The van der Waals surface area contributed by atoms with Crippen molar-refractivity contribution in [2.24, 2.45) is 0 Å². The number of hydrogen-bond donors (Lipinski definition) is 1. The van der Waals surface area contributed by atoms with Gasteiger partial charge in [-0.1, -0.05) is 35.3 Å². The zero-order valence-corrected chi connectivity index (χ0v) is 15.1. The van der Waals surface area contributed by atoms with E-state index in [9.17, 15) is 14.0 Å². The number of rotatable bonds is 2. The van der Waals surface area contributed by atoms with Gasteiger partial charge in [0, 0.05) is 24.0 Å². The number of carbonyl (C=O) groups excluding carboxylic acids is 2. The fourth-order valence-electron chi connectivity index (χ4n) is 3.69. The highest BCUT2D eigenvalue weighted by molar-refractivity contribution is 6.44. The molecule has 26 heavy (non-hydrogen) atoms. The van der Waals surface area contributed by atoms with Crippen molar-refractivity contribution in [1.29, 1.82) is 0 Å². The van der Waals surface area contributed by atoms with Crippen molar-refractivity contribution in [3.05, 3.63) is 68.4 Å². The van der Waals surface area contributed by atoms with Crippen LogP contribution in [0.2, 0.25) is 10.0 Å². The van der Waals surface area contributed by atoms with Crippen LogP contribution in [0.1, 0.15) is 44.7 Å². The molecule has 0 radical (unpaired) electrons. The van der Waals surface area contributed by atoms with Gasteiger partial charge in [-0.25, -0.2) is 9.18 Å². The Morgan fingerprint density at radius 1 is 1.15 bits per heavy atom. The molecule has 2 aliphatic rings. The molecule has 0 saturated carbocycles. The first-order valence-electron chi connectivity index (χ1n) is 8.20. The number of esters is 1. The number of nitrogens with one attached hydrogen (secondary N) is 1. The lowest BCUT2D eigenvalue weighted by Crippen LogP contribution is -2.40. The lowest BCUT2D eigenvalue weighted by molar-refractivity contribution is -0.0242. The number of fused-ring (bicyclic) bond motifs is 2. The maximum atomic E-state index is 14.6. The summed E-state index contributed by atoms with van der Waals surface area (Å²) in [4.78, 5) is 25.6. The number of ether oxygens (including phenoxy) is 1. The summed E-state index contributed by atoms with van der Waals surface area (Å²) in [7, 11) is 0. The summed E-state index contributed by atoms with van der Waals surface area (Å²) in [6, 6.07) is 7.28. The molecule has 134 valence electrons. The van der Waals surface area contributed by atoms with Crippen molar-refractivity contribution in [2.75, 3.05) is 13.1 Å². The van der Waals surface area contributed by atoms with Gasteiger partial charge in [0.15, 0.2) is 5.78 Å². The Hall–Kier alpha value is -1.95. The SMILES string of the molecule is O=C(c1cccc(Cl)c1Cl)c1c(F)ccc2c1C(=O)OC21CCNCC1. The summed E-state index contributed by atoms with van der Waals surface area (Å²) < 4.78 is 20.3. The highest BCUT2D eigenvalue weighted by atomic mass is 35.5. The van der Waals surface area contributed by atoms with Crippen molar-refractivity contribution in [1.82, 2.24) is 5.32 Å². The van der Waals surface area contributed by atoms with Crippen molar-refractivity contribution < 1.29 is 18.7 Å². The van der Waals surface area contributed by atoms with Crippen molar-refractivity contribution >= 4 is 35.0 Å². The highest BCUT2D eigenvalue weighted by Crippen LogP contribution is 2.45. The summed E-state index contributed by atoms with van der Waals surface area (Å²) in [6.07, 6.45) is 1.14. The van der Waals surface area contributed by atoms with Gasteiger partial charge >= 0.3 is 5.97 Å². The number of benzene rings is 2. The van der Waals surface area contributed by atoms with Crippen molar-refractivity contribution in [3.63, 3.8) is 0 Å². The standard InChI is InChI=1S/C19H14Cl2FNO3/c20-12-3-1-2-10(16(12)21)17(24)15-13(22)5-4-11-14(15)18(25)26-19(11)6-8-23-9-7-19/h1-5,23H,6-9H2. The van der Waals surface area contributed by atoms with E-state index in [0.29, 0.717) is 31.5 Å². The first-order chi connectivity index (χ1) is 12.4. The molecule has 2 aromatic carbocycles. The second kappa shape index (κ2) is 6.34. The largest absolute Gasteiger partial charge is 0.450 e. The van der Waals surface area contributed by atoms with Crippen LogP contribution in [0.4, 0.5) is 4.39 Å². The van der Waals surface area contributed by atoms with E-state index in [1.165, 1.54) is 24.3 Å². The smallest absolute Gasteiger partial charge is 0.340 e. The van der Waals surface area contributed by atoms with Crippen LogP contribution in [-0.4, -0.2) is 24.8 Å².